The highest BCUT2D eigenvalue weighted by atomic mass is 16.7. The topological polar surface area (TPSA) is 95.3 Å². The molecule has 0 unspecified atom stereocenters. The second-order valence-electron chi connectivity index (χ2n) is 9.12. The van der Waals surface area contributed by atoms with Crippen LogP contribution in [0.4, 0.5) is 0 Å². The second-order valence-corrected chi connectivity index (χ2v) is 9.12. The normalized spacial score (nSPS) is 12.0. The molecule has 4 aromatic rings. The van der Waals surface area contributed by atoms with E-state index in [-0.39, 0.29) is 18.5 Å². The standard InChI is InChI=1S/C30H31N3O6/c1-35-25-9-6-21(15-28(25)36-2)17-33(18-22-7-10-26-29(16-22)38-20-37-26)19-24-8-11-27(39-24)30(34)32-14-12-23-5-3-4-13-31-23/h3-11,13,15-16H,12,14,17-20H2,1-2H3,(H,32,34). The first kappa shape index (κ1) is 26.1. The van der Waals surface area contributed by atoms with E-state index in [9.17, 15) is 4.79 Å². The van der Waals surface area contributed by atoms with E-state index in [4.69, 9.17) is 23.4 Å². The zero-order valence-electron chi connectivity index (χ0n) is 22.0. The fourth-order valence-electron chi connectivity index (χ4n) is 4.44. The van der Waals surface area contributed by atoms with Crippen LogP contribution in [0.25, 0.3) is 0 Å². The molecule has 1 aliphatic rings. The van der Waals surface area contributed by atoms with Crippen LogP contribution in [0.5, 0.6) is 23.0 Å². The lowest BCUT2D eigenvalue weighted by Crippen LogP contribution is -2.25. The molecule has 0 radical (unpaired) electrons. The summed E-state index contributed by atoms with van der Waals surface area (Å²) in [6, 6.07) is 21.1. The number of benzene rings is 2. The maximum absolute atomic E-state index is 12.7. The van der Waals surface area contributed by atoms with Crippen molar-refractivity contribution in [2.75, 3.05) is 27.6 Å². The lowest BCUT2D eigenvalue weighted by Gasteiger charge is -2.22. The van der Waals surface area contributed by atoms with Crippen LogP contribution in [0.1, 0.15) is 33.1 Å². The van der Waals surface area contributed by atoms with E-state index >= 15 is 0 Å². The number of fused-ring (bicyclic) bond motifs is 1. The number of methoxy groups -OCH3 is 2. The van der Waals surface area contributed by atoms with Crippen LogP contribution in [-0.2, 0) is 26.1 Å². The van der Waals surface area contributed by atoms with Crippen molar-refractivity contribution >= 4 is 5.91 Å². The van der Waals surface area contributed by atoms with E-state index in [2.05, 4.69) is 15.2 Å². The molecule has 3 heterocycles. The largest absolute Gasteiger partial charge is 0.493 e. The Kier molecular flexibility index (Phi) is 8.28. The maximum atomic E-state index is 12.7. The van der Waals surface area contributed by atoms with Gasteiger partial charge in [0.1, 0.15) is 5.76 Å². The fraction of sp³-hybridized carbons (Fsp3) is 0.267. The van der Waals surface area contributed by atoms with Crippen LogP contribution in [-0.4, -0.2) is 43.3 Å². The first-order valence-electron chi connectivity index (χ1n) is 12.7. The summed E-state index contributed by atoms with van der Waals surface area (Å²) < 4.78 is 27.9. The average Bonchev–Trinajstić information content (AvgIpc) is 3.63. The molecule has 0 saturated carbocycles. The number of ether oxygens (including phenoxy) is 4. The molecule has 202 valence electrons. The highest BCUT2D eigenvalue weighted by molar-refractivity contribution is 5.91. The van der Waals surface area contributed by atoms with Crippen molar-refractivity contribution < 1.29 is 28.2 Å². The van der Waals surface area contributed by atoms with Gasteiger partial charge >= 0.3 is 0 Å². The second kappa shape index (κ2) is 12.4. The van der Waals surface area contributed by atoms with Crippen molar-refractivity contribution in [3.63, 3.8) is 0 Å². The molecule has 1 amide bonds. The summed E-state index contributed by atoms with van der Waals surface area (Å²) in [6.45, 7) is 2.43. The molecule has 0 fully saturated rings. The first-order chi connectivity index (χ1) is 19.1. The molecule has 1 N–H and O–H groups in total. The molecule has 1 aliphatic heterocycles. The molecule has 5 rings (SSSR count). The van der Waals surface area contributed by atoms with Gasteiger partial charge in [0.25, 0.3) is 5.91 Å². The molecule has 0 spiro atoms. The van der Waals surface area contributed by atoms with E-state index in [1.54, 1.807) is 26.5 Å². The van der Waals surface area contributed by atoms with Crippen LogP contribution >= 0.6 is 0 Å². The summed E-state index contributed by atoms with van der Waals surface area (Å²) in [4.78, 5) is 19.2. The molecule has 9 nitrogen and oxygen atoms in total. The molecular weight excluding hydrogens is 498 g/mol. The van der Waals surface area contributed by atoms with Crippen molar-refractivity contribution in [1.29, 1.82) is 0 Å². The van der Waals surface area contributed by atoms with Crippen LogP contribution in [0, 0.1) is 0 Å². The van der Waals surface area contributed by atoms with Crippen LogP contribution < -0.4 is 24.3 Å². The molecule has 39 heavy (non-hydrogen) atoms. The molecule has 9 heteroatoms. The number of nitrogens with one attached hydrogen (secondary N) is 1. The molecule has 0 atom stereocenters. The molecule has 2 aromatic carbocycles. The van der Waals surface area contributed by atoms with Gasteiger partial charge in [-0.3, -0.25) is 14.7 Å². The Hall–Kier alpha value is -4.50. The Morgan fingerprint density at radius 2 is 1.69 bits per heavy atom. The van der Waals surface area contributed by atoms with Crippen LogP contribution in [0.3, 0.4) is 0 Å². The Bertz CT molecular complexity index is 1410. The Labute approximate surface area is 227 Å². The number of carbonyl (C=O) groups excluding carboxylic acids is 1. The van der Waals surface area contributed by atoms with Crippen molar-refractivity contribution in [2.45, 2.75) is 26.1 Å². The van der Waals surface area contributed by atoms with Gasteiger partial charge in [0.2, 0.25) is 6.79 Å². The van der Waals surface area contributed by atoms with Gasteiger partial charge in [-0.2, -0.15) is 0 Å². The highest BCUT2D eigenvalue weighted by Gasteiger charge is 2.18. The minimum absolute atomic E-state index is 0.229. The third-order valence-corrected chi connectivity index (χ3v) is 6.36. The Morgan fingerprint density at radius 3 is 2.49 bits per heavy atom. The lowest BCUT2D eigenvalue weighted by atomic mass is 10.1. The van der Waals surface area contributed by atoms with Crippen molar-refractivity contribution in [2.24, 2.45) is 0 Å². The molecule has 0 aliphatic carbocycles. The molecule has 0 bridgehead atoms. The van der Waals surface area contributed by atoms with Gasteiger partial charge < -0.3 is 28.7 Å². The number of furan rings is 1. The number of carbonyl (C=O) groups is 1. The van der Waals surface area contributed by atoms with Gasteiger partial charge in [0, 0.05) is 37.9 Å². The zero-order chi connectivity index (χ0) is 27.0. The van der Waals surface area contributed by atoms with E-state index in [1.807, 2.05) is 60.7 Å². The first-order valence-corrected chi connectivity index (χ1v) is 12.7. The van der Waals surface area contributed by atoms with Crippen molar-refractivity contribution in [3.8, 4) is 23.0 Å². The number of pyridine rings is 1. The summed E-state index contributed by atoms with van der Waals surface area (Å²) in [5.41, 5.74) is 3.04. The monoisotopic (exact) mass is 529 g/mol. The average molecular weight is 530 g/mol. The molecule has 0 saturated heterocycles. The van der Waals surface area contributed by atoms with Crippen LogP contribution in [0.2, 0.25) is 0 Å². The van der Waals surface area contributed by atoms with Crippen LogP contribution in [0.15, 0.2) is 77.3 Å². The number of hydrogen-bond donors (Lipinski definition) is 1. The van der Waals surface area contributed by atoms with Gasteiger partial charge in [0.15, 0.2) is 28.8 Å². The minimum atomic E-state index is -0.251. The van der Waals surface area contributed by atoms with E-state index in [0.717, 1.165) is 28.3 Å². The number of aromatic nitrogens is 1. The fourth-order valence-corrected chi connectivity index (χ4v) is 4.44. The lowest BCUT2D eigenvalue weighted by molar-refractivity contribution is 0.0921. The van der Waals surface area contributed by atoms with Gasteiger partial charge in [-0.1, -0.05) is 18.2 Å². The third-order valence-electron chi connectivity index (χ3n) is 6.36. The summed E-state index contributed by atoms with van der Waals surface area (Å²) in [5.74, 6) is 3.54. The molecule has 2 aromatic heterocycles. The Balaban J connectivity index is 1.28. The Morgan fingerprint density at radius 1 is 0.897 bits per heavy atom. The predicted molar refractivity (Wildman–Crippen MR) is 144 cm³/mol. The SMILES string of the molecule is COc1ccc(CN(Cc2ccc3c(c2)OCO3)Cc2ccc(C(=O)NCCc3ccccn3)o2)cc1OC. The summed E-state index contributed by atoms with van der Waals surface area (Å²) in [6.07, 6.45) is 2.39. The van der Waals surface area contributed by atoms with Gasteiger partial charge in [-0.05, 0) is 59.7 Å². The highest BCUT2D eigenvalue weighted by Crippen LogP contribution is 2.33. The summed E-state index contributed by atoms with van der Waals surface area (Å²) >= 11 is 0. The third kappa shape index (κ3) is 6.69. The number of hydrogen-bond acceptors (Lipinski definition) is 8. The smallest absolute Gasteiger partial charge is 0.287 e. The van der Waals surface area contributed by atoms with Gasteiger partial charge in [-0.15, -0.1) is 0 Å². The van der Waals surface area contributed by atoms with Crippen molar-refractivity contribution in [1.82, 2.24) is 15.2 Å². The summed E-state index contributed by atoms with van der Waals surface area (Å²) in [5, 5.41) is 2.90. The van der Waals surface area contributed by atoms with Crippen molar-refractivity contribution in [3.05, 3.63) is 101 Å². The van der Waals surface area contributed by atoms with E-state index in [0.29, 0.717) is 49.9 Å². The van der Waals surface area contributed by atoms with E-state index < -0.39 is 0 Å². The predicted octanol–water partition coefficient (Wildman–Crippen LogP) is 4.60. The minimum Gasteiger partial charge on any atom is -0.493 e. The maximum Gasteiger partial charge on any atom is 0.287 e. The number of nitrogens with zero attached hydrogens (tertiary/aromatic N) is 2. The van der Waals surface area contributed by atoms with Gasteiger partial charge in [0.05, 0.1) is 20.8 Å². The molecular formula is C30H31N3O6. The quantitative estimate of drug-likeness (QED) is 0.285. The van der Waals surface area contributed by atoms with Gasteiger partial charge in [-0.25, -0.2) is 0 Å². The summed E-state index contributed by atoms with van der Waals surface area (Å²) in [7, 11) is 3.24. The zero-order valence-corrected chi connectivity index (χ0v) is 22.0. The number of rotatable bonds is 12. The van der Waals surface area contributed by atoms with E-state index in [1.165, 1.54) is 0 Å². The number of amides is 1.